The molecule has 140 valence electrons. The van der Waals surface area contributed by atoms with Crippen molar-refractivity contribution in [1.29, 1.82) is 0 Å². The third-order valence-electron chi connectivity index (χ3n) is 5.24. The topological polar surface area (TPSA) is 82.6 Å². The van der Waals surface area contributed by atoms with Crippen LogP contribution in [-0.4, -0.2) is 47.1 Å². The number of aromatic amines is 1. The number of likely N-dealkylation sites (tertiary alicyclic amines) is 1. The lowest BCUT2D eigenvalue weighted by Gasteiger charge is -2.32. The van der Waals surface area contributed by atoms with Crippen LogP contribution < -0.4 is 4.74 Å². The van der Waals surface area contributed by atoms with Gasteiger partial charge in [0.2, 0.25) is 5.91 Å². The molecule has 0 bridgehead atoms. The first kappa shape index (κ1) is 18.3. The highest BCUT2D eigenvalue weighted by Gasteiger charge is 2.25. The summed E-state index contributed by atoms with van der Waals surface area (Å²) in [5, 5.41) is 9.85. The summed E-state index contributed by atoms with van der Waals surface area (Å²) in [6, 6.07) is 6.06. The second-order valence-corrected chi connectivity index (χ2v) is 6.91. The minimum atomic E-state index is -0.798. The molecule has 1 saturated heterocycles. The number of unbranched alkanes of at least 4 members (excludes halogenated alkanes) is 1. The SMILES string of the molecule is COc1ccc2[nH]cc(C3CCN(C(=O)CCCCC(=O)O)CC3)c2c1. The molecule has 1 aliphatic heterocycles. The van der Waals surface area contributed by atoms with Crippen LogP contribution in [0.5, 0.6) is 5.75 Å². The zero-order chi connectivity index (χ0) is 18.5. The van der Waals surface area contributed by atoms with Crippen LogP contribution in [0.15, 0.2) is 24.4 Å². The Morgan fingerprint density at radius 2 is 1.96 bits per heavy atom. The van der Waals surface area contributed by atoms with Gasteiger partial charge in [0, 0.05) is 43.0 Å². The summed E-state index contributed by atoms with van der Waals surface area (Å²) in [5.74, 6) is 0.641. The van der Waals surface area contributed by atoms with Gasteiger partial charge in [0.25, 0.3) is 0 Å². The molecule has 2 aromatic rings. The number of amides is 1. The van der Waals surface area contributed by atoms with Gasteiger partial charge in [-0.1, -0.05) is 0 Å². The number of nitrogens with zero attached hydrogens (tertiary/aromatic N) is 1. The number of aromatic nitrogens is 1. The van der Waals surface area contributed by atoms with E-state index in [1.165, 1.54) is 10.9 Å². The van der Waals surface area contributed by atoms with Crippen LogP contribution in [0.1, 0.15) is 50.0 Å². The van der Waals surface area contributed by atoms with Crippen molar-refractivity contribution < 1.29 is 19.4 Å². The quantitative estimate of drug-likeness (QED) is 0.742. The van der Waals surface area contributed by atoms with E-state index < -0.39 is 5.97 Å². The third-order valence-corrected chi connectivity index (χ3v) is 5.24. The molecule has 0 atom stereocenters. The van der Waals surface area contributed by atoms with E-state index >= 15 is 0 Å². The third kappa shape index (κ3) is 4.18. The van der Waals surface area contributed by atoms with Gasteiger partial charge in [0.15, 0.2) is 0 Å². The fourth-order valence-corrected chi connectivity index (χ4v) is 3.74. The number of aliphatic carboxylic acids is 1. The molecule has 0 unspecified atom stereocenters. The molecule has 6 nitrogen and oxygen atoms in total. The van der Waals surface area contributed by atoms with E-state index in [0.29, 0.717) is 25.2 Å². The highest BCUT2D eigenvalue weighted by molar-refractivity contribution is 5.85. The number of nitrogens with one attached hydrogen (secondary N) is 1. The van der Waals surface area contributed by atoms with Gasteiger partial charge in [-0.05, 0) is 55.4 Å². The van der Waals surface area contributed by atoms with Crippen LogP contribution >= 0.6 is 0 Å². The van der Waals surface area contributed by atoms with E-state index in [1.54, 1.807) is 7.11 Å². The Bertz CT molecular complexity index is 775. The standard InChI is InChI=1S/C20H26N2O4/c1-26-15-6-7-18-16(12-15)17(13-21-18)14-8-10-22(11-9-14)19(23)4-2-3-5-20(24)25/h6-7,12-14,21H,2-5,8-11H2,1H3,(H,24,25). The van der Waals surface area contributed by atoms with E-state index in [-0.39, 0.29) is 12.3 Å². The van der Waals surface area contributed by atoms with E-state index in [4.69, 9.17) is 9.84 Å². The lowest BCUT2D eigenvalue weighted by Crippen LogP contribution is -2.37. The summed E-state index contributed by atoms with van der Waals surface area (Å²) in [6.07, 6.45) is 5.78. The van der Waals surface area contributed by atoms with Crippen LogP contribution in [0, 0.1) is 0 Å². The second kappa shape index (κ2) is 8.25. The van der Waals surface area contributed by atoms with Crippen LogP contribution in [0.25, 0.3) is 10.9 Å². The lowest BCUT2D eigenvalue weighted by atomic mass is 9.89. The predicted molar refractivity (Wildman–Crippen MR) is 99.5 cm³/mol. The molecule has 0 aliphatic carbocycles. The highest BCUT2D eigenvalue weighted by Crippen LogP contribution is 2.34. The number of benzene rings is 1. The van der Waals surface area contributed by atoms with Crippen molar-refractivity contribution in [3.63, 3.8) is 0 Å². The molecule has 2 N–H and O–H groups in total. The fourth-order valence-electron chi connectivity index (χ4n) is 3.74. The maximum atomic E-state index is 12.3. The average molecular weight is 358 g/mol. The molecule has 26 heavy (non-hydrogen) atoms. The number of H-pyrrole nitrogens is 1. The zero-order valence-corrected chi connectivity index (χ0v) is 15.2. The summed E-state index contributed by atoms with van der Waals surface area (Å²) in [6.45, 7) is 1.53. The Labute approximate surface area is 153 Å². The maximum Gasteiger partial charge on any atom is 0.303 e. The number of hydrogen-bond donors (Lipinski definition) is 2. The average Bonchev–Trinajstić information content (AvgIpc) is 3.08. The smallest absolute Gasteiger partial charge is 0.303 e. The van der Waals surface area contributed by atoms with Crippen molar-refractivity contribution in [2.45, 2.75) is 44.4 Å². The molecule has 1 aromatic heterocycles. The van der Waals surface area contributed by atoms with E-state index in [0.717, 1.165) is 37.2 Å². The van der Waals surface area contributed by atoms with Gasteiger partial charge in [-0.15, -0.1) is 0 Å². The molecule has 6 heteroatoms. The molecule has 1 amide bonds. The van der Waals surface area contributed by atoms with Gasteiger partial charge in [0.05, 0.1) is 7.11 Å². The number of hydrogen-bond acceptors (Lipinski definition) is 3. The van der Waals surface area contributed by atoms with Crippen molar-refractivity contribution in [1.82, 2.24) is 9.88 Å². The van der Waals surface area contributed by atoms with Crippen LogP contribution in [0.3, 0.4) is 0 Å². The molecule has 1 aliphatic rings. The summed E-state index contributed by atoms with van der Waals surface area (Å²) in [5.41, 5.74) is 2.41. The van der Waals surface area contributed by atoms with Crippen LogP contribution in [-0.2, 0) is 9.59 Å². The lowest BCUT2D eigenvalue weighted by molar-refractivity contribution is -0.137. The molecular weight excluding hydrogens is 332 g/mol. The number of methoxy groups -OCH3 is 1. The molecule has 1 fully saturated rings. The highest BCUT2D eigenvalue weighted by atomic mass is 16.5. The van der Waals surface area contributed by atoms with Crippen LogP contribution in [0.4, 0.5) is 0 Å². The van der Waals surface area contributed by atoms with Crippen molar-refractivity contribution >= 4 is 22.8 Å². The minimum absolute atomic E-state index is 0.138. The fraction of sp³-hybridized carbons (Fsp3) is 0.500. The van der Waals surface area contributed by atoms with Gasteiger partial charge in [-0.2, -0.15) is 0 Å². The molecule has 1 aromatic carbocycles. The van der Waals surface area contributed by atoms with Crippen LogP contribution in [0.2, 0.25) is 0 Å². The second-order valence-electron chi connectivity index (χ2n) is 6.91. The minimum Gasteiger partial charge on any atom is -0.497 e. The Balaban J connectivity index is 1.55. The van der Waals surface area contributed by atoms with Gasteiger partial charge in [0.1, 0.15) is 5.75 Å². The number of carbonyl (C=O) groups is 2. The molecule has 3 rings (SSSR count). The molecule has 0 spiro atoms. The summed E-state index contributed by atoms with van der Waals surface area (Å²) in [7, 11) is 1.67. The summed E-state index contributed by atoms with van der Waals surface area (Å²) >= 11 is 0. The van der Waals surface area contributed by atoms with Crippen molar-refractivity contribution in [3.8, 4) is 5.75 Å². The summed E-state index contributed by atoms with van der Waals surface area (Å²) < 4.78 is 5.34. The number of carbonyl (C=O) groups excluding carboxylic acids is 1. The number of carboxylic acids is 1. The zero-order valence-electron chi connectivity index (χ0n) is 15.2. The maximum absolute atomic E-state index is 12.3. The van der Waals surface area contributed by atoms with Crippen molar-refractivity contribution in [2.75, 3.05) is 20.2 Å². The van der Waals surface area contributed by atoms with Gasteiger partial charge >= 0.3 is 5.97 Å². The van der Waals surface area contributed by atoms with Crippen molar-refractivity contribution in [2.24, 2.45) is 0 Å². The molecule has 0 radical (unpaired) electrons. The number of rotatable bonds is 7. The number of piperidine rings is 1. The molecule has 2 heterocycles. The first-order valence-corrected chi connectivity index (χ1v) is 9.23. The Hall–Kier alpha value is -2.50. The Kier molecular flexibility index (Phi) is 5.81. The van der Waals surface area contributed by atoms with E-state index in [1.807, 2.05) is 17.0 Å². The Morgan fingerprint density at radius 3 is 2.65 bits per heavy atom. The Morgan fingerprint density at radius 1 is 1.23 bits per heavy atom. The number of ether oxygens (including phenoxy) is 1. The normalized spacial score (nSPS) is 15.3. The van der Waals surface area contributed by atoms with Gasteiger partial charge in [-0.25, -0.2) is 0 Å². The van der Waals surface area contributed by atoms with Gasteiger partial charge < -0.3 is 19.7 Å². The largest absolute Gasteiger partial charge is 0.497 e. The van der Waals surface area contributed by atoms with E-state index in [9.17, 15) is 9.59 Å². The molecular formula is C20H26N2O4. The van der Waals surface area contributed by atoms with Crippen molar-refractivity contribution in [3.05, 3.63) is 30.0 Å². The monoisotopic (exact) mass is 358 g/mol. The molecule has 0 saturated carbocycles. The van der Waals surface area contributed by atoms with E-state index in [2.05, 4.69) is 17.2 Å². The first-order chi connectivity index (χ1) is 12.6. The summed E-state index contributed by atoms with van der Waals surface area (Å²) in [4.78, 5) is 28.1. The first-order valence-electron chi connectivity index (χ1n) is 9.23. The number of fused-ring (bicyclic) bond motifs is 1. The number of carboxylic acid groups (broad SMARTS) is 1. The predicted octanol–water partition coefficient (Wildman–Crippen LogP) is 3.53. The van der Waals surface area contributed by atoms with Gasteiger partial charge in [-0.3, -0.25) is 9.59 Å².